The Labute approximate surface area is 68.4 Å². The molecule has 0 aromatic carbocycles. The predicted molar refractivity (Wildman–Crippen MR) is 45.4 cm³/mol. The molecule has 3 heteroatoms. The van der Waals surface area contributed by atoms with Gasteiger partial charge in [0, 0.05) is 13.2 Å². The van der Waals surface area contributed by atoms with E-state index in [2.05, 4.69) is 5.32 Å². The molecular formula is C8H19NO2. The molecule has 2 atom stereocenters. The highest BCUT2D eigenvalue weighted by Crippen LogP contribution is 1.98. The molecular weight excluding hydrogens is 142 g/mol. The molecule has 0 radical (unpaired) electrons. The van der Waals surface area contributed by atoms with E-state index in [9.17, 15) is 0 Å². The monoisotopic (exact) mass is 161 g/mol. The van der Waals surface area contributed by atoms with Gasteiger partial charge in [-0.05, 0) is 25.8 Å². The number of hydrogen-bond acceptors (Lipinski definition) is 3. The Morgan fingerprint density at radius 2 is 2.00 bits per heavy atom. The van der Waals surface area contributed by atoms with Crippen LogP contribution in [0.2, 0.25) is 0 Å². The summed E-state index contributed by atoms with van der Waals surface area (Å²) in [5, 5.41) is 20.7. The second kappa shape index (κ2) is 6.58. The van der Waals surface area contributed by atoms with Gasteiger partial charge in [-0.2, -0.15) is 0 Å². The lowest BCUT2D eigenvalue weighted by molar-refractivity contribution is 0.133. The van der Waals surface area contributed by atoms with Gasteiger partial charge in [-0.15, -0.1) is 0 Å². The zero-order valence-electron chi connectivity index (χ0n) is 7.38. The fourth-order valence-corrected chi connectivity index (χ4v) is 0.704. The SMILES string of the molecule is CC(O)C(C)CNCCCO. The van der Waals surface area contributed by atoms with E-state index >= 15 is 0 Å². The fraction of sp³-hybridized carbons (Fsp3) is 1.00. The summed E-state index contributed by atoms with van der Waals surface area (Å²) in [5.41, 5.74) is 0. The molecule has 0 spiro atoms. The summed E-state index contributed by atoms with van der Waals surface area (Å²) in [5.74, 6) is 0.286. The van der Waals surface area contributed by atoms with Crippen LogP contribution >= 0.6 is 0 Å². The van der Waals surface area contributed by atoms with E-state index in [4.69, 9.17) is 10.2 Å². The van der Waals surface area contributed by atoms with Gasteiger partial charge in [0.2, 0.25) is 0 Å². The van der Waals surface area contributed by atoms with E-state index in [1.165, 1.54) is 0 Å². The number of rotatable bonds is 6. The Kier molecular flexibility index (Phi) is 6.51. The molecule has 11 heavy (non-hydrogen) atoms. The van der Waals surface area contributed by atoms with Gasteiger partial charge in [-0.1, -0.05) is 6.92 Å². The van der Waals surface area contributed by atoms with Gasteiger partial charge in [0.1, 0.15) is 0 Å². The first-order valence-corrected chi connectivity index (χ1v) is 4.18. The maximum atomic E-state index is 9.09. The summed E-state index contributed by atoms with van der Waals surface area (Å²) in [6.07, 6.45) is 0.531. The molecule has 0 aliphatic rings. The van der Waals surface area contributed by atoms with Crippen LogP contribution in [-0.4, -0.2) is 36.0 Å². The molecule has 0 bridgehead atoms. The Hall–Kier alpha value is -0.120. The van der Waals surface area contributed by atoms with Gasteiger partial charge in [-0.25, -0.2) is 0 Å². The molecule has 0 rings (SSSR count). The van der Waals surface area contributed by atoms with Gasteiger partial charge >= 0.3 is 0 Å². The normalized spacial score (nSPS) is 16.4. The van der Waals surface area contributed by atoms with Crippen molar-refractivity contribution in [3.8, 4) is 0 Å². The van der Waals surface area contributed by atoms with E-state index in [-0.39, 0.29) is 18.6 Å². The first-order valence-electron chi connectivity index (χ1n) is 4.18. The quantitative estimate of drug-likeness (QED) is 0.480. The lowest BCUT2D eigenvalue weighted by atomic mass is 10.1. The molecule has 0 saturated heterocycles. The third-order valence-electron chi connectivity index (χ3n) is 1.80. The van der Waals surface area contributed by atoms with E-state index in [1.807, 2.05) is 6.92 Å². The molecule has 3 nitrogen and oxygen atoms in total. The Bertz CT molecular complexity index is 86.2. The number of hydrogen-bond donors (Lipinski definition) is 3. The lowest BCUT2D eigenvalue weighted by Crippen LogP contribution is -2.28. The van der Waals surface area contributed by atoms with Crippen LogP contribution in [0.15, 0.2) is 0 Å². The summed E-state index contributed by atoms with van der Waals surface area (Å²) >= 11 is 0. The van der Waals surface area contributed by atoms with Crippen LogP contribution in [0, 0.1) is 5.92 Å². The molecule has 68 valence electrons. The molecule has 2 unspecified atom stereocenters. The van der Waals surface area contributed by atoms with Gasteiger partial charge in [-0.3, -0.25) is 0 Å². The molecule has 0 amide bonds. The molecule has 0 aliphatic heterocycles. The maximum Gasteiger partial charge on any atom is 0.0549 e. The van der Waals surface area contributed by atoms with Crippen LogP contribution in [0.1, 0.15) is 20.3 Å². The summed E-state index contributed by atoms with van der Waals surface area (Å²) in [4.78, 5) is 0. The van der Waals surface area contributed by atoms with Crippen molar-refractivity contribution in [2.45, 2.75) is 26.4 Å². The van der Waals surface area contributed by atoms with E-state index in [0.29, 0.717) is 0 Å². The number of nitrogens with one attached hydrogen (secondary N) is 1. The molecule has 0 heterocycles. The Balaban J connectivity index is 3.10. The molecule has 0 aliphatic carbocycles. The molecule has 3 N–H and O–H groups in total. The van der Waals surface area contributed by atoms with E-state index in [1.54, 1.807) is 6.92 Å². The van der Waals surface area contributed by atoms with Crippen LogP contribution in [0.25, 0.3) is 0 Å². The van der Waals surface area contributed by atoms with Crippen molar-refractivity contribution in [2.24, 2.45) is 5.92 Å². The minimum atomic E-state index is -0.253. The zero-order valence-corrected chi connectivity index (χ0v) is 7.38. The summed E-state index contributed by atoms with van der Waals surface area (Å²) in [6.45, 7) is 5.66. The van der Waals surface area contributed by atoms with Crippen molar-refractivity contribution in [2.75, 3.05) is 19.7 Å². The van der Waals surface area contributed by atoms with Crippen LogP contribution < -0.4 is 5.32 Å². The Morgan fingerprint density at radius 3 is 2.45 bits per heavy atom. The van der Waals surface area contributed by atoms with E-state index < -0.39 is 0 Å². The molecule has 0 fully saturated rings. The van der Waals surface area contributed by atoms with Crippen molar-refractivity contribution < 1.29 is 10.2 Å². The van der Waals surface area contributed by atoms with Gasteiger partial charge in [0.25, 0.3) is 0 Å². The highest BCUT2D eigenvalue weighted by atomic mass is 16.3. The lowest BCUT2D eigenvalue weighted by Gasteiger charge is -2.14. The highest BCUT2D eigenvalue weighted by Gasteiger charge is 2.06. The standard InChI is InChI=1S/C8H19NO2/c1-7(8(2)11)6-9-4-3-5-10/h7-11H,3-6H2,1-2H3. The highest BCUT2D eigenvalue weighted by molar-refractivity contribution is 4.61. The van der Waals surface area contributed by atoms with Crippen LogP contribution in [0.3, 0.4) is 0 Å². The zero-order chi connectivity index (χ0) is 8.69. The summed E-state index contributed by atoms with van der Waals surface area (Å²) in [6, 6.07) is 0. The minimum Gasteiger partial charge on any atom is -0.396 e. The molecule has 0 saturated carbocycles. The van der Waals surface area contributed by atoms with Crippen molar-refractivity contribution in [3.63, 3.8) is 0 Å². The third-order valence-corrected chi connectivity index (χ3v) is 1.80. The summed E-state index contributed by atoms with van der Waals surface area (Å²) in [7, 11) is 0. The molecule has 0 aromatic rings. The second-order valence-corrected chi connectivity index (χ2v) is 3.00. The maximum absolute atomic E-state index is 9.09. The first-order chi connectivity index (χ1) is 5.18. The van der Waals surface area contributed by atoms with Gasteiger partial charge in [0.15, 0.2) is 0 Å². The van der Waals surface area contributed by atoms with E-state index in [0.717, 1.165) is 19.5 Å². The second-order valence-electron chi connectivity index (χ2n) is 3.00. The van der Waals surface area contributed by atoms with Crippen LogP contribution in [-0.2, 0) is 0 Å². The number of aliphatic hydroxyl groups excluding tert-OH is 2. The first kappa shape index (κ1) is 10.9. The average Bonchev–Trinajstić information content (AvgIpc) is 1.97. The summed E-state index contributed by atoms with van der Waals surface area (Å²) < 4.78 is 0. The smallest absolute Gasteiger partial charge is 0.0549 e. The van der Waals surface area contributed by atoms with Crippen molar-refractivity contribution in [3.05, 3.63) is 0 Å². The predicted octanol–water partition coefficient (Wildman–Crippen LogP) is -0.0247. The van der Waals surface area contributed by atoms with Crippen molar-refractivity contribution >= 4 is 0 Å². The average molecular weight is 161 g/mol. The van der Waals surface area contributed by atoms with Crippen molar-refractivity contribution in [1.82, 2.24) is 5.32 Å². The Morgan fingerprint density at radius 1 is 1.36 bits per heavy atom. The fourth-order valence-electron chi connectivity index (χ4n) is 0.704. The topological polar surface area (TPSA) is 52.5 Å². The number of aliphatic hydroxyl groups is 2. The van der Waals surface area contributed by atoms with Crippen LogP contribution in [0.4, 0.5) is 0 Å². The van der Waals surface area contributed by atoms with Crippen LogP contribution in [0.5, 0.6) is 0 Å². The van der Waals surface area contributed by atoms with Crippen molar-refractivity contribution in [1.29, 1.82) is 0 Å². The van der Waals surface area contributed by atoms with Gasteiger partial charge in [0.05, 0.1) is 6.10 Å². The largest absolute Gasteiger partial charge is 0.396 e. The minimum absolute atomic E-state index is 0.232. The third kappa shape index (κ3) is 6.28. The molecule has 0 aromatic heterocycles. The van der Waals surface area contributed by atoms with Gasteiger partial charge < -0.3 is 15.5 Å².